The van der Waals surface area contributed by atoms with Gasteiger partial charge in [0.2, 0.25) is 5.91 Å². The van der Waals surface area contributed by atoms with Crippen molar-refractivity contribution in [3.05, 3.63) is 29.3 Å². The highest BCUT2D eigenvalue weighted by atomic mass is 16.2. The van der Waals surface area contributed by atoms with Crippen molar-refractivity contribution in [2.75, 3.05) is 37.6 Å². The Morgan fingerprint density at radius 2 is 1.73 bits per heavy atom. The van der Waals surface area contributed by atoms with E-state index in [4.69, 9.17) is 0 Å². The molecule has 0 aliphatic carbocycles. The highest BCUT2D eigenvalue weighted by Gasteiger charge is 2.36. The van der Waals surface area contributed by atoms with Crippen LogP contribution >= 0.6 is 0 Å². The van der Waals surface area contributed by atoms with Gasteiger partial charge in [-0.05, 0) is 50.8 Å². The Bertz CT molecular complexity index is 599. The first-order valence-electron chi connectivity index (χ1n) is 10.2. The first kappa shape index (κ1) is 20.8. The van der Waals surface area contributed by atoms with Gasteiger partial charge in [0.1, 0.15) is 0 Å². The van der Waals surface area contributed by atoms with Crippen molar-refractivity contribution in [1.82, 2.24) is 10.2 Å². The Kier molecular flexibility index (Phi) is 7.10. The average Bonchev–Trinajstić information content (AvgIpc) is 2.64. The average molecular weight is 360 g/mol. The molecule has 1 saturated heterocycles. The Morgan fingerprint density at radius 3 is 2.31 bits per heavy atom. The predicted molar refractivity (Wildman–Crippen MR) is 111 cm³/mol. The summed E-state index contributed by atoms with van der Waals surface area (Å²) in [5.74, 6) is 0.737. The molecular weight excluding hydrogens is 322 g/mol. The summed E-state index contributed by atoms with van der Waals surface area (Å²) in [6.07, 6.45) is 2.23. The molecule has 1 N–H and O–H groups in total. The number of nitrogens with one attached hydrogen (secondary N) is 1. The first-order chi connectivity index (χ1) is 12.3. The zero-order valence-corrected chi connectivity index (χ0v) is 17.6. The van der Waals surface area contributed by atoms with Crippen LogP contribution in [0.2, 0.25) is 0 Å². The lowest BCUT2D eigenvalue weighted by Crippen LogP contribution is -2.61. The van der Waals surface area contributed by atoms with E-state index in [9.17, 15) is 4.79 Å². The van der Waals surface area contributed by atoms with Crippen LogP contribution in [0.1, 0.15) is 51.7 Å². The lowest BCUT2D eigenvalue weighted by Gasteiger charge is -2.44. The van der Waals surface area contributed by atoms with Crippen molar-refractivity contribution >= 4 is 11.6 Å². The maximum Gasteiger partial charge on any atom is 0.239 e. The number of hydrogen-bond donors (Lipinski definition) is 1. The molecule has 1 amide bonds. The number of carbonyl (C=O) groups is 1. The van der Waals surface area contributed by atoms with E-state index in [0.29, 0.717) is 5.92 Å². The molecule has 146 valence electrons. The van der Waals surface area contributed by atoms with E-state index in [0.717, 1.165) is 45.6 Å². The quantitative estimate of drug-likeness (QED) is 0.805. The third-order valence-corrected chi connectivity index (χ3v) is 6.25. The molecule has 1 aliphatic rings. The molecule has 1 heterocycles. The van der Waals surface area contributed by atoms with Crippen molar-refractivity contribution in [1.29, 1.82) is 0 Å². The van der Waals surface area contributed by atoms with Crippen LogP contribution in [0.4, 0.5) is 5.69 Å². The van der Waals surface area contributed by atoms with Gasteiger partial charge < -0.3 is 10.2 Å². The maximum absolute atomic E-state index is 12.8. The summed E-state index contributed by atoms with van der Waals surface area (Å²) in [6, 6.07) is 6.52. The molecule has 4 heteroatoms. The number of amides is 1. The van der Waals surface area contributed by atoms with E-state index in [1.54, 1.807) is 0 Å². The SMILES string of the molecule is CCC(CC)CNC(=O)C(C)(C)N1CCN(c2cccc(C)c2C)CC1. The summed E-state index contributed by atoms with van der Waals surface area (Å²) >= 11 is 0. The summed E-state index contributed by atoms with van der Waals surface area (Å²) in [6.45, 7) is 17.4. The van der Waals surface area contributed by atoms with Crippen molar-refractivity contribution in [3.8, 4) is 0 Å². The molecule has 1 aliphatic heterocycles. The summed E-state index contributed by atoms with van der Waals surface area (Å²) < 4.78 is 0. The molecule has 4 nitrogen and oxygen atoms in total. The number of benzene rings is 1. The first-order valence-corrected chi connectivity index (χ1v) is 10.2. The van der Waals surface area contributed by atoms with Crippen LogP contribution in [-0.4, -0.2) is 49.1 Å². The third kappa shape index (κ3) is 4.59. The van der Waals surface area contributed by atoms with Crippen LogP contribution in [-0.2, 0) is 4.79 Å². The number of carbonyl (C=O) groups excluding carboxylic acids is 1. The molecule has 26 heavy (non-hydrogen) atoms. The molecule has 0 radical (unpaired) electrons. The van der Waals surface area contributed by atoms with E-state index in [1.807, 2.05) is 0 Å². The number of rotatable bonds is 7. The third-order valence-electron chi connectivity index (χ3n) is 6.25. The maximum atomic E-state index is 12.8. The monoisotopic (exact) mass is 359 g/mol. The second-order valence-corrected chi connectivity index (χ2v) is 8.14. The zero-order valence-electron chi connectivity index (χ0n) is 17.6. The second kappa shape index (κ2) is 8.90. The Balaban J connectivity index is 1.95. The smallest absolute Gasteiger partial charge is 0.239 e. The molecule has 0 saturated carbocycles. The topological polar surface area (TPSA) is 35.6 Å². The highest BCUT2D eigenvalue weighted by Crippen LogP contribution is 2.26. The van der Waals surface area contributed by atoms with Crippen molar-refractivity contribution in [3.63, 3.8) is 0 Å². The standard InChI is InChI=1S/C22H37N3O/c1-7-19(8-2)16-23-21(26)22(5,6)25-14-12-24(13-15-25)20-11-9-10-17(3)18(20)4/h9-11,19H,7-8,12-16H2,1-6H3,(H,23,26). The van der Waals surface area contributed by atoms with Gasteiger partial charge in [-0.3, -0.25) is 9.69 Å². The molecule has 0 spiro atoms. The van der Waals surface area contributed by atoms with Crippen molar-refractivity contribution in [2.24, 2.45) is 5.92 Å². The van der Waals surface area contributed by atoms with Gasteiger partial charge in [0, 0.05) is 38.4 Å². The predicted octanol–water partition coefficient (Wildman–Crippen LogP) is 3.76. The summed E-state index contributed by atoms with van der Waals surface area (Å²) in [5, 5.41) is 3.19. The summed E-state index contributed by atoms with van der Waals surface area (Å²) in [4.78, 5) is 17.6. The summed E-state index contributed by atoms with van der Waals surface area (Å²) in [7, 11) is 0. The Morgan fingerprint density at radius 1 is 1.12 bits per heavy atom. The van der Waals surface area contributed by atoms with Crippen LogP contribution in [0.15, 0.2) is 18.2 Å². The molecule has 0 atom stereocenters. The molecule has 1 aromatic rings. The fourth-order valence-electron chi connectivity index (χ4n) is 3.76. The van der Waals surface area contributed by atoms with E-state index in [2.05, 4.69) is 74.9 Å². The van der Waals surface area contributed by atoms with Gasteiger partial charge in [-0.25, -0.2) is 0 Å². The lowest BCUT2D eigenvalue weighted by atomic mass is 9.98. The van der Waals surface area contributed by atoms with Crippen LogP contribution < -0.4 is 10.2 Å². The van der Waals surface area contributed by atoms with Gasteiger partial charge in [0.15, 0.2) is 0 Å². The molecule has 1 fully saturated rings. The van der Waals surface area contributed by atoms with Crippen LogP contribution in [0.5, 0.6) is 0 Å². The minimum absolute atomic E-state index is 0.157. The lowest BCUT2D eigenvalue weighted by molar-refractivity contribution is -0.132. The van der Waals surface area contributed by atoms with Gasteiger partial charge >= 0.3 is 0 Å². The largest absolute Gasteiger partial charge is 0.369 e. The van der Waals surface area contributed by atoms with Crippen LogP contribution in [0.3, 0.4) is 0 Å². The number of anilines is 1. The van der Waals surface area contributed by atoms with E-state index in [-0.39, 0.29) is 5.91 Å². The molecule has 0 unspecified atom stereocenters. The number of nitrogens with zero attached hydrogens (tertiary/aromatic N) is 2. The second-order valence-electron chi connectivity index (χ2n) is 8.14. The Labute approximate surface area is 159 Å². The number of aryl methyl sites for hydroxylation is 1. The van der Waals surface area contributed by atoms with Crippen LogP contribution in [0.25, 0.3) is 0 Å². The minimum Gasteiger partial charge on any atom is -0.369 e. The number of piperazine rings is 1. The van der Waals surface area contributed by atoms with Crippen LogP contribution in [0, 0.1) is 19.8 Å². The van der Waals surface area contributed by atoms with E-state index >= 15 is 0 Å². The van der Waals surface area contributed by atoms with Gasteiger partial charge in [-0.15, -0.1) is 0 Å². The fraction of sp³-hybridized carbons (Fsp3) is 0.682. The molecular formula is C22H37N3O. The van der Waals surface area contributed by atoms with Gasteiger partial charge in [0.05, 0.1) is 5.54 Å². The normalized spacial score (nSPS) is 16.2. The molecule has 2 rings (SSSR count). The van der Waals surface area contributed by atoms with Crippen molar-refractivity contribution in [2.45, 2.75) is 59.9 Å². The minimum atomic E-state index is -0.459. The fourth-order valence-corrected chi connectivity index (χ4v) is 3.76. The van der Waals surface area contributed by atoms with Gasteiger partial charge in [0.25, 0.3) is 0 Å². The van der Waals surface area contributed by atoms with Gasteiger partial charge in [-0.1, -0.05) is 38.8 Å². The molecule has 1 aromatic carbocycles. The molecule has 0 bridgehead atoms. The molecule has 0 aromatic heterocycles. The Hall–Kier alpha value is -1.55. The van der Waals surface area contributed by atoms with Gasteiger partial charge in [-0.2, -0.15) is 0 Å². The van der Waals surface area contributed by atoms with Crippen molar-refractivity contribution < 1.29 is 4.79 Å². The van der Waals surface area contributed by atoms with E-state index < -0.39 is 5.54 Å². The summed E-state index contributed by atoms with van der Waals surface area (Å²) in [5.41, 5.74) is 3.58. The number of hydrogen-bond acceptors (Lipinski definition) is 3. The highest BCUT2D eigenvalue weighted by molar-refractivity contribution is 5.85. The van der Waals surface area contributed by atoms with E-state index in [1.165, 1.54) is 16.8 Å². The zero-order chi connectivity index (χ0) is 19.3.